The Kier molecular flexibility index (Phi) is 9.35. The largest absolute Gasteiger partial charge is 0.485 e. The first-order valence-corrected chi connectivity index (χ1v) is 12.5. The highest BCUT2D eigenvalue weighted by atomic mass is 16.5. The van der Waals surface area contributed by atoms with E-state index in [2.05, 4.69) is 16.0 Å². The minimum Gasteiger partial charge on any atom is -0.485 e. The molecule has 3 rings (SSSR count). The molecule has 0 unspecified atom stereocenters. The molecule has 0 saturated carbocycles. The van der Waals surface area contributed by atoms with Crippen LogP contribution in [-0.4, -0.2) is 77.8 Å². The van der Waals surface area contributed by atoms with Crippen LogP contribution in [0, 0.1) is 5.92 Å². The molecule has 0 aliphatic carbocycles. The van der Waals surface area contributed by atoms with Crippen LogP contribution < -0.4 is 20.7 Å². The first-order chi connectivity index (χ1) is 17.6. The molecule has 3 atom stereocenters. The van der Waals surface area contributed by atoms with Crippen LogP contribution >= 0.6 is 0 Å². The SMILES string of the molecule is CC(C)NC(=O)Nc1cccc2c1O[C@@H](CN(C)C(=O)Nc1ccccc1)[C@H](C)CN([C@H](C)CO)C2=O. The van der Waals surface area contributed by atoms with Gasteiger partial charge in [0.1, 0.15) is 6.10 Å². The standard InChI is InChI=1S/C27H37N5O5/c1-17(2)28-26(35)30-22-13-9-12-21-24(22)37-23(18(3)14-32(25(21)34)19(4)16-33)15-31(5)27(36)29-20-10-7-6-8-11-20/h6-13,17-19,23,33H,14-16H2,1-5H3,(H,29,36)(H2,28,30,35)/t18-,19-,23+/m1/s1. The van der Waals surface area contributed by atoms with Crippen LogP contribution in [0.2, 0.25) is 0 Å². The maximum Gasteiger partial charge on any atom is 0.321 e. The third-order valence-electron chi connectivity index (χ3n) is 6.18. The number of aliphatic hydroxyl groups excluding tert-OH is 1. The second-order valence-electron chi connectivity index (χ2n) is 9.73. The Labute approximate surface area is 218 Å². The fraction of sp³-hybridized carbons (Fsp3) is 0.444. The maximum atomic E-state index is 13.5. The topological polar surface area (TPSA) is 123 Å². The zero-order chi connectivity index (χ0) is 27.1. The fourth-order valence-corrected chi connectivity index (χ4v) is 4.07. The van der Waals surface area contributed by atoms with Gasteiger partial charge in [-0.25, -0.2) is 9.59 Å². The number of para-hydroxylation sites is 2. The maximum absolute atomic E-state index is 13.5. The van der Waals surface area contributed by atoms with Crippen molar-refractivity contribution < 1.29 is 24.2 Å². The first-order valence-electron chi connectivity index (χ1n) is 12.5. The lowest BCUT2D eigenvalue weighted by Gasteiger charge is -2.38. The normalized spacial score (nSPS) is 18.1. The summed E-state index contributed by atoms with van der Waals surface area (Å²) >= 11 is 0. The second-order valence-corrected chi connectivity index (χ2v) is 9.73. The number of hydrogen-bond acceptors (Lipinski definition) is 5. The third kappa shape index (κ3) is 7.13. The quantitative estimate of drug-likeness (QED) is 0.452. The van der Waals surface area contributed by atoms with Crippen molar-refractivity contribution in [1.82, 2.24) is 15.1 Å². The first kappa shape index (κ1) is 27.8. The predicted molar refractivity (Wildman–Crippen MR) is 143 cm³/mol. The van der Waals surface area contributed by atoms with E-state index in [1.165, 1.54) is 4.90 Å². The van der Waals surface area contributed by atoms with E-state index in [4.69, 9.17) is 4.74 Å². The van der Waals surface area contributed by atoms with Crippen LogP contribution in [0.5, 0.6) is 5.75 Å². The number of likely N-dealkylation sites (N-methyl/N-ethyl adjacent to an activating group) is 1. The molecule has 1 aliphatic heterocycles. The summed E-state index contributed by atoms with van der Waals surface area (Å²) in [5.74, 6) is -0.268. The number of nitrogens with one attached hydrogen (secondary N) is 3. The summed E-state index contributed by atoms with van der Waals surface area (Å²) in [7, 11) is 1.67. The Balaban J connectivity index is 1.93. The van der Waals surface area contributed by atoms with Crippen molar-refractivity contribution in [2.24, 2.45) is 5.92 Å². The molecule has 5 amide bonds. The number of hydrogen-bond donors (Lipinski definition) is 4. The van der Waals surface area contributed by atoms with Gasteiger partial charge in [-0.15, -0.1) is 0 Å². The molecule has 1 heterocycles. The Morgan fingerprint density at radius 3 is 2.46 bits per heavy atom. The van der Waals surface area contributed by atoms with Crippen LogP contribution in [0.1, 0.15) is 38.1 Å². The van der Waals surface area contributed by atoms with E-state index >= 15 is 0 Å². The van der Waals surface area contributed by atoms with Gasteiger partial charge in [-0.3, -0.25) is 4.79 Å². The lowest BCUT2D eigenvalue weighted by atomic mass is 9.99. The van der Waals surface area contributed by atoms with Gasteiger partial charge in [-0.05, 0) is 45.0 Å². The number of nitrogens with zero attached hydrogens (tertiary/aromatic N) is 2. The third-order valence-corrected chi connectivity index (χ3v) is 6.18. The zero-order valence-corrected chi connectivity index (χ0v) is 22.0. The number of benzene rings is 2. The molecule has 0 bridgehead atoms. The molecular weight excluding hydrogens is 474 g/mol. The molecule has 4 N–H and O–H groups in total. The van der Waals surface area contributed by atoms with Gasteiger partial charge in [0, 0.05) is 31.2 Å². The molecule has 10 heteroatoms. The van der Waals surface area contributed by atoms with Crippen LogP contribution in [0.25, 0.3) is 0 Å². The smallest absolute Gasteiger partial charge is 0.321 e. The van der Waals surface area contributed by atoms with Crippen LogP contribution in [0.3, 0.4) is 0 Å². The van der Waals surface area contributed by atoms with Gasteiger partial charge < -0.3 is 35.6 Å². The number of carbonyl (C=O) groups excluding carboxylic acids is 3. The summed E-state index contributed by atoms with van der Waals surface area (Å²) in [6, 6.07) is 12.9. The Morgan fingerprint density at radius 2 is 1.81 bits per heavy atom. The van der Waals surface area contributed by atoms with Crippen molar-refractivity contribution in [3.05, 3.63) is 54.1 Å². The number of amides is 5. The van der Waals surface area contributed by atoms with E-state index in [0.717, 1.165) is 0 Å². The number of aliphatic hydroxyl groups is 1. The van der Waals surface area contributed by atoms with Gasteiger partial charge in [0.05, 0.1) is 30.4 Å². The summed E-state index contributed by atoms with van der Waals surface area (Å²) in [5.41, 5.74) is 1.29. The highest BCUT2D eigenvalue weighted by Gasteiger charge is 2.35. The molecule has 10 nitrogen and oxygen atoms in total. The lowest BCUT2D eigenvalue weighted by Crippen LogP contribution is -2.50. The highest BCUT2D eigenvalue weighted by Crippen LogP contribution is 2.35. The van der Waals surface area contributed by atoms with Crippen LogP contribution in [0.15, 0.2) is 48.5 Å². The molecule has 2 aromatic rings. The minimum absolute atomic E-state index is 0.0847. The molecule has 2 aromatic carbocycles. The van der Waals surface area contributed by atoms with Gasteiger partial charge in [-0.2, -0.15) is 0 Å². The molecule has 200 valence electrons. The van der Waals surface area contributed by atoms with Crippen molar-refractivity contribution in [3.8, 4) is 5.75 Å². The minimum atomic E-state index is -0.511. The summed E-state index contributed by atoms with van der Waals surface area (Å²) < 4.78 is 6.42. The summed E-state index contributed by atoms with van der Waals surface area (Å²) in [5, 5.41) is 18.2. The van der Waals surface area contributed by atoms with E-state index in [0.29, 0.717) is 17.9 Å². The molecule has 0 saturated heterocycles. The second kappa shape index (κ2) is 12.4. The Morgan fingerprint density at radius 1 is 1.11 bits per heavy atom. The number of ether oxygens (including phenoxy) is 1. The number of anilines is 2. The number of urea groups is 2. The van der Waals surface area contributed by atoms with Gasteiger partial charge >= 0.3 is 12.1 Å². The van der Waals surface area contributed by atoms with E-state index in [-0.39, 0.29) is 48.4 Å². The van der Waals surface area contributed by atoms with Crippen LogP contribution in [-0.2, 0) is 0 Å². The molecule has 0 radical (unpaired) electrons. The van der Waals surface area contributed by atoms with E-state index in [1.807, 2.05) is 39.0 Å². The van der Waals surface area contributed by atoms with Crippen molar-refractivity contribution in [2.75, 3.05) is 37.4 Å². The Hall–Kier alpha value is -3.79. The van der Waals surface area contributed by atoms with E-state index in [9.17, 15) is 19.5 Å². The number of carbonyl (C=O) groups is 3. The van der Waals surface area contributed by atoms with Crippen molar-refractivity contribution in [1.29, 1.82) is 0 Å². The molecular formula is C27H37N5O5. The van der Waals surface area contributed by atoms with E-state index < -0.39 is 18.2 Å². The highest BCUT2D eigenvalue weighted by molar-refractivity contribution is 6.01. The monoisotopic (exact) mass is 511 g/mol. The predicted octanol–water partition coefficient (Wildman–Crippen LogP) is 3.60. The molecule has 0 spiro atoms. The zero-order valence-electron chi connectivity index (χ0n) is 22.0. The lowest BCUT2D eigenvalue weighted by molar-refractivity contribution is 0.0373. The van der Waals surface area contributed by atoms with Gasteiger partial charge in [-0.1, -0.05) is 31.2 Å². The van der Waals surface area contributed by atoms with Crippen LogP contribution in [0.4, 0.5) is 21.0 Å². The average molecular weight is 512 g/mol. The molecule has 1 aliphatic rings. The van der Waals surface area contributed by atoms with Crippen molar-refractivity contribution in [2.45, 2.75) is 45.9 Å². The van der Waals surface area contributed by atoms with Gasteiger partial charge in [0.2, 0.25) is 0 Å². The summed E-state index contributed by atoms with van der Waals surface area (Å²) in [4.78, 5) is 42.0. The average Bonchev–Trinajstić information content (AvgIpc) is 2.86. The van der Waals surface area contributed by atoms with Gasteiger partial charge in [0.25, 0.3) is 5.91 Å². The van der Waals surface area contributed by atoms with Crippen molar-refractivity contribution in [3.63, 3.8) is 0 Å². The molecule has 0 fully saturated rings. The number of rotatable bonds is 7. The summed E-state index contributed by atoms with van der Waals surface area (Å²) in [6.07, 6.45) is -0.511. The molecule has 37 heavy (non-hydrogen) atoms. The summed E-state index contributed by atoms with van der Waals surface area (Å²) in [6.45, 7) is 7.75. The molecule has 0 aromatic heterocycles. The van der Waals surface area contributed by atoms with E-state index in [1.54, 1.807) is 49.2 Å². The van der Waals surface area contributed by atoms with Gasteiger partial charge in [0.15, 0.2) is 5.75 Å². The van der Waals surface area contributed by atoms with Crippen molar-refractivity contribution >= 4 is 29.3 Å². The Bertz CT molecular complexity index is 1090. The number of fused-ring (bicyclic) bond motifs is 1. The fourth-order valence-electron chi connectivity index (χ4n) is 4.07.